The van der Waals surface area contributed by atoms with Gasteiger partial charge in [0.2, 0.25) is 5.95 Å². The van der Waals surface area contributed by atoms with Crippen molar-refractivity contribution >= 4 is 17.6 Å². The number of rotatable bonds is 6. The Balaban J connectivity index is 1.36. The molecule has 0 unspecified atom stereocenters. The zero-order valence-corrected chi connectivity index (χ0v) is 13.6. The Morgan fingerprint density at radius 2 is 2.04 bits per heavy atom. The fourth-order valence-electron chi connectivity index (χ4n) is 2.94. The number of hydrogen-bond donors (Lipinski definition) is 3. The molecule has 0 saturated heterocycles. The van der Waals surface area contributed by atoms with Gasteiger partial charge in [0.15, 0.2) is 5.82 Å². The van der Waals surface area contributed by atoms with E-state index in [0.29, 0.717) is 23.9 Å². The Labute approximate surface area is 135 Å². The molecule has 0 radical (unpaired) electrons. The average molecular weight is 313 g/mol. The van der Waals surface area contributed by atoms with E-state index in [1.54, 1.807) is 6.20 Å². The topological polar surface area (TPSA) is 81.8 Å². The average Bonchev–Trinajstić information content (AvgIpc) is 3.23. The summed E-state index contributed by atoms with van der Waals surface area (Å²) in [6.45, 7) is 0. The smallest absolute Gasteiger partial charge is 0.224 e. The van der Waals surface area contributed by atoms with E-state index in [2.05, 4.69) is 55.9 Å². The third kappa shape index (κ3) is 3.29. The minimum atomic E-state index is 0.463. The summed E-state index contributed by atoms with van der Waals surface area (Å²) in [5.74, 6) is 2.92. The van der Waals surface area contributed by atoms with E-state index in [1.807, 2.05) is 6.07 Å². The third-order valence-corrected chi connectivity index (χ3v) is 4.70. The van der Waals surface area contributed by atoms with Crippen molar-refractivity contribution in [2.24, 2.45) is 0 Å². The number of anilines is 3. The second-order valence-electron chi connectivity index (χ2n) is 6.80. The Morgan fingerprint density at radius 3 is 2.78 bits per heavy atom. The molecule has 2 aromatic rings. The van der Waals surface area contributed by atoms with Gasteiger partial charge in [0.05, 0.1) is 0 Å². The molecule has 0 aliphatic heterocycles. The van der Waals surface area contributed by atoms with Crippen molar-refractivity contribution in [1.29, 1.82) is 0 Å². The standard InChI is InChI=1S/C16H23N7/c1-23(2)12-7-11(8-12)18-16-17-6-5-14(20-16)19-15-9-13(21-22-15)10-3-4-10/h5-6,9-12H,3-4,7-8H2,1-2H3,(H3,17,18,19,20,21,22). The first-order chi connectivity index (χ1) is 11.2. The second kappa shape index (κ2) is 5.81. The zero-order valence-electron chi connectivity index (χ0n) is 13.6. The molecule has 0 aromatic carbocycles. The Kier molecular flexibility index (Phi) is 3.65. The maximum Gasteiger partial charge on any atom is 0.224 e. The molecule has 0 atom stereocenters. The van der Waals surface area contributed by atoms with E-state index >= 15 is 0 Å². The quantitative estimate of drug-likeness (QED) is 0.759. The highest BCUT2D eigenvalue weighted by Gasteiger charge is 2.31. The van der Waals surface area contributed by atoms with Crippen LogP contribution >= 0.6 is 0 Å². The lowest BCUT2D eigenvalue weighted by molar-refractivity contribution is 0.177. The summed E-state index contributed by atoms with van der Waals surface area (Å²) in [7, 11) is 4.25. The van der Waals surface area contributed by atoms with Gasteiger partial charge < -0.3 is 15.5 Å². The van der Waals surface area contributed by atoms with Crippen LogP contribution in [0.2, 0.25) is 0 Å². The molecule has 2 aliphatic rings. The maximum atomic E-state index is 4.53. The molecule has 0 spiro atoms. The highest BCUT2D eigenvalue weighted by molar-refractivity contribution is 5.53. The van der Waals surface area contributed by atoms with E-state index in [4.69, 9.17) is 0 Å². The van der Waals surface area contributed by atoms with Crippen LogP contribution in [0.3, 0.4) is 0 Å². The summed E-state index contributed by atoms with van der Waals surface area (Å²) in [5, 5.41) is 14.0. The molecule has 23 heavy (non-hydrogen) atoms. The van der Waals surface area contributed by atoms with E-state index < -0.39 is 0 Å². The maximum absolute atomic E-state index is 4.53. The van der Waals surface area contributed by atoms with Crippen LogP contribution in [0.25, 0.3) is 0 Å². The molecular formula is C16H23N7. The Morgan fingerprint density at radius 1 is 1.22 bits per heavy atom. The second-order valence-corrected chi connectivity index (χ2v) is 6.80. The Bertz CT molecular complexity index is 671. The fraction of sp³-hybridized carbons (Fsp3) is 0.562. The molecule has 0 bridgehead atoms. The minimum absolute atomic E-state index is 0.463. The summed E-state index contributed by atoms with van der Waals surface area (Å²) in [4.78, 5) is 11.1. The molecule has 2 aromatic heterocycles. The molecule has 0 amide bonds. The van der Waals surface area contributed by atoms with Crippen LogP contribution in [0, 0.1) is 0 Å². The number of nitrogens with one attached hydrogen (secondary N) is 3. The van der Waals surface area contributed by atoms with Gasteiger partial charge in [-0.05, 0) is 45.8 Å². The Hall–Kier alpha value is -2.15. The largest absolute Gasteiger partial charge is 0.351 e. The normalized spacial score (nSPS) is 23.6. The first kappa shape index (κ1) is 14.4. The molecule has 3 N–H and O–H groups in total. The zero-order chi connectivity index (χ0) is 15.8. The minimum Gasteiger partial charge on any atom is -0.351 e. The fourth-order valence-corrected chi connectivity index (χ4v) is 2.94. The first-order valence-electron chi connectivity index (χ1n) is 8.26. The number of H-pyrrole nitrogens is 1. The van der Waals surface area contributed by atoms with Gasteiger partial charge in [0.25, 0.3) is 0 Å². The van der Waals surface area contributed by atoms with Gasteiger partial charge in [-0.15, -0.1) is 0 Å². The molecule has 2 fully saturated rings. The van der Waals surface area contributed by atoms with Crippen LogP contribution in [-0.2, 0) is 0 Å². The van der Waals surface area contributed by atoms with Crippen molar-refractivity contribution in [2.45, 2.75) is 43.7 Å². The molecule has 2 saturated carbocycles. The van der Waals surface area contributed by atoms with Crippen LogP contribution in [0.4, 0.5) is 17.6 Å². The van der Waals surface area contributed by atoms with Crippen LogP contribution in [0.1, 0.15) is 37.3 Å². The lowest BCUT2D eigenvalue weighted by atomic mass is 9.86. The van der Waals surface area contributed by atoms with Crippen molar-refractivity contribution in [3.8, 4) is 0 Å². The highest BCUT2D eigenvalue weighted by atomic mass is 15.2. The van der Waals surface area contributed by atoms with E-state index in [0.717, 1.165) is 24.5 Å². The van der Waals surface area contributed by atoms with Gasteiger partial charge in [-0.1, -0.05) is 0 Å². The molecular weight excluding hydrogens is 290 g/mol. The van der Waals surface area contributed by atoms with Gasteiger partial charge in [-0.25, -0.2) is 4.98 Å². The first-order valence-corrected chi connectivity index (χ1v) is 8.26. The monoisotopic (exact) mass is 313 g/mol. The molecule has 4 rings (SSSR count). The van der Waals surface area contributed by atoms with Gasteiger partial charge in [0, 0.05) is 36.0 Å². The molecule has 2 aliphatic carbocycles. The van der Waals surface area contributed by atoms with Crippen molar-refractivity contribution < 1.29 is 0 Å². The van der Waals surface area contributed by atoms with Crippen LogP contribution in [-0.4, -0.2) is 51.2 Å². The summed E-state index contributed by atoms with van der Waals surface area (Å²) in [6, 6.07) is 5.06. The van der Waals surface area contributed by atoms with Crippen molar-refractivity contribution in [1.82, 2.24) is 25.1 Å². The summed E-state index contributed by atoms with van der Waals surface area (Å²) in [5.41, 5.74) is 1.21. The summed E-state index contributed by atoms with van der Waals surface area (Å²) in [6.07, 6.45) is 6.57. The lowest BCUT2D eigenvalue weighted by Gasteiger charge is -2.39. The highest BCUT2D eigenvalue weighted by Crippen LogP contribution is 2.39. The number of aromatic amines is 1. The predicted molar refractivity (Wildman–Crippen MR) is 90.0 cm³/mol. The van der Waals surface area contributed by atoms with Crippen molar-refractivity contribution in [3.05, 3.63) is 24.0 Å². The van der Waals surface area contributed by atoms with Crippen LogP contribution < -0.4 is 10.6 Å². The van der Waals surface area contributed by atoms with Gasteiger partial charge in [0.1, 0.15) is 5.82 Å². The van der Waals surface area contributed by atoms with Gasteiger partial charge >= 0.3 is 0 Å². The van der Waals surface area contributed by atoms with Gasteiger partial charge in [-0.2, -0.15) is 10.1 Å². The van der Waals surface area contributed by atoms with Gasteiger partial charge in [-0.3, -0.25) is 5.10 Å². The number of aromatic nitrogens is 4. The van der Waals surface area contributed by atoms with E-state index in [-0.39, 0.29) is 0 Å². The molecule has 7 heteroatoms. The number of hydrogen-bond acceptors (Lipinski definition) is 6. The molecule has 7 nitrogen and oxygen atoms in total. The third-order valence-electron chi connectivity index (χ3n) is 4.70. The van der Waals surface area contributed by atoms with Crippen LogP contribution in [0.5, 0.6) is 0 Å². The van der Waals surface area contributed by atoms with Crippen molar-refractivity contribution in [2.75, 3.05) is 24.7 Å². The van der Waals surface area contributed by atoms with E-state index in [1.165, 1.54) is 18.5 Å². The number of nitrogens with zero attached hydrogens (tertiary/aromatic N) is 4. The molecule has 2 heterocycles. The van der Waals surface area contributed by atoms with Crippen LogP contribution in [0.15, 0.2) is 18.3 Å². The SMILES string of the molecule is CN(C)C1CC(Nc2nccc(Nc3cc(C4CC4)[nH]n3)n2)C1. The summed E-state index contributed by atoms with van der Waals surface area (Å²) < 4.78 is 0. The predicted octanol–water partition coefficient (Wildman–Crippen LogP) is 2.33. The van der Waals surface area contributed by atoms with E-state index in [9.17, 15) is 0 Å². The summed E-state index contributed by atoms with van der Waals surface area (Å²) >= 11 is 0. The molecule has 122 valence electrons. The lowest BCUT2D eigenvalue weighted by Crippen LogP contribution is -2.47. The van der Waals surface area contributed by atoms with Crippen molar-refractivity contribution in [3.63, 3.8) is 0 Å².